The molecular formula is C15H22N2O3. The Balaban J connectivity index is 2.44. The Morgan fingerprint density at radius 2 is 1.75 bits per heavy atom. The minimum Gasteiger partial charge on any atom is -0.445 e. The lowest BCUT2D eigenvalue weighted by Crippen LogP contribution is -2.38. The third kappa shape index (κ3) is 4.91. The molecule has 20 heavy (non-hydrogen) atoms. The van der Waals surface area contributed by atoms with Crippen molar-refractivity contribution in [2.75, 3.05) is 21.1 Å². The molecule has 0 aliphatic carbocycles. The highest BCUT2D eigenvalue weighted by Crippen LogP contribution is 2.07. The lowest BCUT2D eigenvalue weighted by Gasteiger charge is -2.25. The van der Waals surface area contributed by atoms with E-state index in [1.54, 1.807) is 21.1 Å². The van der Waals surface area contributed by atoms with Crippen LogP contribution >= 0.6 is 0 Å². The summed E-state index contributed by atoms with van der Waals surface area (Å²) in [5, 5.41) is 0. The molecule has 0 fully saturated rings. The Bertz CT molecular complexity index is 446. The molecule has 110 valence electrons. The van der Waals surface area contributed by atoms with Crippen LogP contribution in [-0.4, -0.2) is 49.0 Å². The van der Waals surface area contributed by atoms with E-state index >= 15 is 0 Å². The van der Waals surface area contributed by atoms with Crippen LogP contribution in [0.25, 0.3) is 0 Å². The largest absolute Gasteiger partial charge is 0.445 e. The zero-order valence-electron chi connectivity index (χ0n) is 12.5. The SMILES string of the molecule is CC(CC(=O)N(C)C)N(C)C(=O)OCc1ccccc1. The Labute approximate surface area is 120 Å². The van der Waals surface area contributed by atoms with Gasteiger partial charge in [0, 0.05) is 33.6 Å². The van der Waals surface area contributed by atoms with Gasteiger partial charge in [-0.2, -0.15) is 0 Å². The Morgan fingerprint density at radius 3 is 2.30 bits per heavy atom. The van der Waals surface area contributed by atoms with Gasteiger partial charge in [0.25, 0.3) is 0 Å². The van der Waals surface area contributed by atoms with Gasteiger partial charge in [-0.05, 0) is 12.5 Å². The van der Waals surface area contributed by atoms with Crippen LogP contribution in [0.3, 0.4) is 0 Å². The van der Waals surface area contributed by atoms with Gasteiger partial charge in [0.2, 0.25) is 5.91 Å². The second kappa shape index (κ2) is 7.53. The molecule has 1 aromatic rings. The minimum absolute atomic E-state index is 0.0137. The minimum atomic E-state index is -0.423. The van der Waals surface area contributed by atoms with E-state index in [0.29, 0.717) is 0 Å². The number of benzene rings is 1. The van der Waals surface area contributed by atoms with Crippen molar-refractivity contribution in [3.05, 3.63) is 35.9 Å². The topological polar surface area (TPSA) is 49.9 Å². The zero-order chi connectivity index (χ0) is 15.1. The van der Waals surface area contributed by atoms with Crippen LogP contribution in [0.15, 0.2) is 30.3 Å². The van der Waals surface area contributed by atoms with Crippen LogP contribution < -0.4 is 0 Å². The van der Waals surface area contributed by atoms with Gasteiger partial charge in [0.1, 0.15) is 6.61 Å². The number of hydrogen-bond donors (Lipinski definition) is 0. The molecule has 0 aromatic heterocycles. The zero-order valence-corrected chi connectivity index (χ0v) is 12.5. The molecule has 1 unspecified atom stereocenters. The van der Waals surface area contributed by atoms with E-state index in [0.717, 1.165) is 5.56 Å². The Morgan fingerprint density at radius 1 is 1.15 bits per heavy atom. The smallest absolute Gasteiger partial charge is 0.410 e. The van der Waals surface area contributed by atoms with Crippen molar-refractivity contribution in [1.82, 2.24) is 9.80 Å². The predicted molar refractivity (Wildman–Crippen MR) is 77.2 cm³/mol. The van der Waals surface area contributed by atoms with E-state index in [1.165, 1.54) is 9.80 Å². The molecule has 0 saturated heterocycles. The van der Waals surface area contributed by atoms with Crippen molar-refractivity contribution in [2.45, 2.75) is 26.0 Å². The molecular weight excluding hydrogens is 256 g/mol. The fourth-order valence-electron chi connectivity index (χ4n) is 1.57. The Hall–Kier alpha value is -2.04. The van der Waals surface area contributed by atoms with Crippen molar-refractivity contribution in [1.29, 1.82) is 0 Å². The van der Waals surface area contributed by atoms with Crippen molar-refractivity contribution < 1.29 is 14.3 Å². The first-order valence-electron chi connectivity index (χ1n) is 6.55. The highest BCUT2D eigenvalue weighted by molar-refractivity contribution is 5.77. The highest BCUT2D eigenvalue weighted by Gasteiger charge is 2.20. The van der Waals surface area contributed by atoms with E-state index in [-0.39, 0.29) is 25.0 Å². The first kappa shape index (κ1) is 16.0. The summed E-state index contributed by atoms with van der Waals surface area (Å²) in [5.74, 6) is -0.0137. The van der Waals surface area contributed by atoms with Gasteiger partial charge >= 0.3 is 6.09 Å². The van der Waals surface area contributed by atoms with Crippen molar-refractivity contribution >= 4 is 12.0 Å². The predicted octanol–water partition coefficient (Wildman–Crippen LogP) is 2.12. The molecule has 5 nitrogen and oxygen atoms in total. The maximum Gasteiger partial charge on any atom is 0.410 e. The molecule has 0 aliphatic rings. The summed E-state index contributed by atoms with van der Waals surface area (Å²) in [6, 6.07) is 9.29. The standard InChI is InChI=1S/C15H22N2O3/c1-12(10-14(18)16(2)3)17(4)15(19)20-11-13-8-6-5-7-9-13/h5-9,12H,10-11H2,1-4H3. The lowest BCUT2D eigenvalue weighted by atomic mass is 10.2. The second-order valence-corrected chi connectivity index (χ2v) is 4.99. The summed E-state index contributed by atoms with van der Waals surface area (Å²) in [6.07, 6.45) is -0.142. The number of carbonyl (C=O) groups excluding carboxylic acids is 2. The third-order valence-electron chi connectivity index (χ3n) is 3.12. The maximum absolute atomic E-state index is 11.9. The second-order valence-electron chi connectivity index (χ2n) is 4.99. The van der Waals surface area contributed by atoms with E-state index in [4.69, 9.17) is 4.74 Å². The maximum atomic E-state index is 11.9. The van der Waals surface area contributed by atoms with Gasteiger partial charge < -0.3 is 14.5 Å². The number of nitrogens with zero attached hydrogens (tertiary/aromatic N) is 2. The average Bonchev–Trinajstić information content (AvgIpc) is 2.44. The molecule has 0 spiro atoms. The molecule has 5 heteroatoms. The van der Waals surface area contributed by atoms with Crippen LogP contribution in [0.1, 0.15) is 18.9 Å². The lowest BCUT2D eigenvalue weighted by molar-refractivity contribution is -0.129. The summed E-state index contributed by atoms with van der Waals surface area (Å²) in [6.45, 7) is 2.06. The molecule has 1 aromatic carbocycles. The monoisotopic (exact) mass is 278 g/mol. The van der Waals surface area contributed by atoms with Crippen LogP contribution in [0.5, 0.6) is 0 Å². The third-order valence-corrected chi connectivity index (χ3v) is 3.12. The van der Waals surface area contributed by atoms with Gasteiger partial charge in [-0.15, -0.1) is 0 Å². The summed E-state index contributed by atoms with van der Waals surface area (Å²) in [4.78, 5) is 26.5. The van der Waals surface area contributed by atoms with E-state index in [1.807, 2.05) is 37.3 Å². The van der Waals surface area contributed by atoms with Gasteiger partial charge in [-0.3, -0.25) is 4.79 Å². The average molecular weight is 278 g/mol. The van der Waals surface area contributed by atoms with Crippen LogP contribution in [-0.2, 0) is 16.1 Å². The molecule has 1 atom stereocenters. The molecule has 0 aliphatic heterocycles. The fraction of sp³-hybridized carbons (Fsp3) is 0.467. The number of amides is 2. The van der Waals surface area contributed by atoms with Gasteiger partial charge in [-0.25, -0.2) is 4.79 Å². The first-order valence-corrected chi connectivity index (χ1v) is 6.55. The van der Waals surface area contributed by atoms with E-state index in [2.05, 4.69) is 0 Å². The molecule has 0 saturated carbocycles. The number of ether oxygens (including phenoxy) is 1. The fourth-order valence-corrected chi connectivity index (χ4v) is 1.57. The molecule has 0 N–H and O–H groups in total. The van der Waals surface area contributed by atoms with Crippen molar-refractivity contribution in [2.24, 2.45) is 0 Å². The molecule has 0 bridgehead atoms. The van der Waals surface area contributed by atoms with Gasteiger partial charge in [0.15, 0.2) is 0 Å². The van der Waals surface area contributed by atoms with Gasteiger partial charge in [0.05, 0.1) is 0 Å². The van der Waals surface area contributed by atoms with Crippen LogP contribution in [0, 0.1) is 0 Å². The van der Waals surface area contributed by atoms with E-state index < -0.39 is 6.09 Å². The number of hydrogen-bond acceptors (Lipinski definition) is 3. The Kier molecular flexibility index (Phi) is 6.03. The van der Waals surface area contributed by atoms with Crippen molar-refractivity contribution in [3.8, 4) is 0 Å². The summed E-state index contributed by atoms with van der Waals surface area (Å²) in [5.41, 5.74) is 0.936. The number of rotatable bonds is 5. The summed E-state index contributed by atoms with van der Waals surface area (Å²) < 4.78 is 5.22. The highest BCUT2D eigenvalue weighted by atomic mass is 16.6. The van der Waals surface area contributed by atoms with Crippen LogP contribution in [0.4, 0.5) is 4.79 Å². The van der Waals surface area contributed by atoms with Crippen LogP contribution in [0.2, 0.25) is 0 Å². The van der Waals surface area contributed by atoms with E-state index in [9.17, 15) is 9.59 Å². The molecule has 2 amide bonds. The van der Waals surface area contributed by atoms with Crippen molar-refractivity contribution in [3.63, 3.8) is 0 Å². The molecule has 1 rings (SSSR count). The quantitative estimate of drug-likeness (QED) is 0.829. The molecule has 0 radical (unpaired) electrons. The molecule has 0 heterocycles. The van der Waals surface area contributed by atoms with Gasteiger partial charge in [-0.1, -0.05) is 30.3 Å². The summed E-state index contributed by atoms with van der Waals surface area (Å²) >= 11 is 0. The number of carbonyl (C=O) groups is 2. The summed E-state index contributed by atoms with van der Waals surface area (Å²) in [7, 11) is 5.03. The first-order chi connectivity index (χ1) is 9.41. The normalized spacial score (nSPS) is 11.6.